The number of carboxylic acid groups (broad SMARTS) is 1. The summed E-state index contributed by atoms with van der Waals surface area (Å²) in [4.78, 5) is 10.1. The Kier molecular flexibility index (Phi) is 4.29. The topological polar surface area (TPSA) is 114 Å². The Labute approximate surface area is 119 Å². The number of aromatic carboxylic acids is 1. The van der Waals surface area contributed by atoms with Gasteiger partial charge >= 0.3 is 5.97 Å². The second kappa shape index (κ2) is 5.97. The van der Waals surface area contributed by atoms with Crippen LogP contribution < -0.4 is 4.72 Å². The van der Waals surface area contributed by atoms with Crippen molar-refractivity contribution >= 4 is 16.0 Å². The van der Waals surface area contributed by atoms with Crippen LogP contribution in [0.4, 0.5) is 4.39 Å². The van der Waals surface area contributed by atoms with Gasteiger partial charge in [-0.25, -0.2) is 22.3 Å². The lowest BCUT2D eigenvalue weighted by Crippen LogP contribution is -2.28. The van der Waals surface area contributed by atoms with Gasteiger partial charge in [0.05, 0.1) is 18.3 Å². The molecule has 0 fully saturated rings. The van der Waals surface area contributed by atoms with Crippen LogP contribution in [0.3, 0.4) is 0 Å². The second-order valence-corrected chi connectivity index (χ2v) is 5.75. The first-order valence-corrected chi connectivity index (χ1v) is 7.25. The van der Waals surface area contributed by atoms with Crippen molar-refractivity contribution in [1.82, 2.24) is 19.7 Å². The van der Waals surface area contributed by atoms with Gasteiger partial charge in [0.1, 0.15) is 10.7 Å². The summed E-state index contributed by atoms with van der Waals surface area (Å²) < 4.78 is 41.1. The van der Waals surface area contributed by atoms with E-state index in [1.807, 2.05) is 0 Å². The van der Waals surface area contributed by atoms with Gasteiger partial charge in [0, 0.05) is 12.7 Å². The van der Waals surface area contributed by atoms with Crippen molar-refractivity contribution < 1.29 is 22.7 Å². The molecule has 1 aromatic heterocycles. The highest BCUT2D eigenvalue weighted by molar-refractivity contribution is 7.89. The average molecular weight is 314 g/mol. The van der Waals surface area contributed by atoms with Crippen LogP contribution in [0.25, 0.3) is 0 Å². The van der Waals surface area contributed by atoms with Crippen LogP contribution in [0.2, 0.25) is 0 Å². The fraction of sp³-hybridized carbons (Fsp3) is 0.182. The zero-order valence-corrected chi connectivity index (χ0v) is 11.4. The van der Waals surface area contributed by atoms with Gasteiger partial charge in [0.15, 0.2) is 0 Å². The number of hydrogen-bond acceptors (Lipinski definition) is 5. The Morgan fingerprint density at radius 3 is 2.76 bits per heavy atom. The van der Waals surface area contributed by atoms with Crippen molar-refractivity contribution in [2.75, 3.05) is 6.54 Å². The van der Waals surface area contributed by atoms with Crippen LogP contribution in [0.15, 0.2) is 35.5 Å². The highest BCUT2D eigenvalue weighted by atomic mass is 32.2. The van der Waals surface area contributed by atoms with Crippen LogP contribution in [0, 0.1) is 5.82 Å². The number of hydrogen-bond donors (Lipinski definition) is 2. The van der Waals surface area contributed by atoms with Gasteiger partial charge in [0.25, 0.3) is 0 Å². The zero-order valence-electron chi connectivity index (χ0n) is 10.6. The molecule has 8 nitrogen and oxygen atoms in total. The Hall–Kier alpha value is -2.33. The number of sulfonamides is 1. The fourth-order valence-corrected chi connectivity index (χ4v) is 2.65. The molecule has 1 heterocycles. The predicted molar refractivity (Wildman–Crippen MR) is 68.6 cm³/mol. The number of benzene rings is 1. The van der Waals surface area contributed by atoms with Crippen molar-refractivity contribution in [3.63, 3.8) is 0 Å². The van der Waals surface area contributed by atoms with Crippen molar-refractivity contribution in [3.05, 3.63) is 42.0 Å². The summed E-state index contributed by atoms with van der Waals surface area (Å²) in [7, 11) is -4.07. The van der Waals surface area contributed by atoms with Gasteiger partial charge in [-0.3, -0.25) is 4.68 Å². The summed E-state index contributed by atoms with van der Waals surface area (Å²) in [5, 5.41) is 15.9. The number of nitrogens with zero attached hydrogens (tertiary/aromatic N) is 3. The number of halogens is 1. The van der Waals surface area contributed by atoms with Crippen molar-refractivity contribution in [1.29, 1.82) is 0 Å². The van der Waals surface area contributed by atoms with E-state index in [0.717, 1.165) is 12.1 Å². The first kappa shape index (κ1) is 15.1. The van der Waals surface area contributed by atoms with E-state index in [4.69, 9.17) is 5.11 Å². The third kappa shape index (κ3) is 3.61. The minimum atomic E-state index is -4.07. The molecule has 2 N–H and O–H groups in total. The maximum atomic E-state index is 13.7. The van der Waals surface area contributed by atoms with E-state index in [1.54, 1.807) is 6.20 Å². The number of carbonyl (C=O) groups is 1. The maximum Gasteiger partial charge on any atom is 0.335 e. The summed E-state index contributed by atoms with van der Waals surface area (Å²) in [5.41, 5.74) is -0.325. The van der Waals surface area contributed by atoms with E-state index in [2.05, 4.69) is 15.0 Å². The molecule has 0 aliphatic heterocycles. The zero-order chi connectivity index (χ0) is 15.5. The van der Waals surface area contributed by atoms with E-state index in [9.17, 15) is 17.6 Å². The van der Waals surface area contributed by atoms with Crippen molar-refractivity contribution in [2.45, 2.75) is 11.4 Å². The van der Waals surface area contributed by atoms with E-state index < -0.39 is 26.7 Å². The molecule has 0 amide bonds. The summed E-state index contributed by atoms with van der Waals surface area (Å²) in [6.45, 7) is 0.222. The molecule has 0 radical (unpaired) electrons. The lowest BCUT2D eigenvalue weighted by atomic mass is 10.2. The molecule has 0 spiro atoms. The highest BCUT2D eigenvalue weighted by Gasteiger charge is 2.20. The van der Waals surface area contributed by atoms with E-state index >= 15 is 0 Å². The number of carboxylic acids is 1. The second-order valence-electron chi connectivity index (χ2n) is 4.01. The van der Waals surface area contributed by atoms with E-state index in [0.29, 0.717) is 6.07 Å². The highest BCUT2D eigenvalue weighted by Crippen LogP contribution is 2.16. The molecule has 0 saturated heterocycles. The van der Waals surface area contributed by atoms with Gasteiger partial charge < -0.3 is 5.11 Å². The quantitative estimate of drug-likeness (QED) is 0.781. The SMILES string of the molecule is O=C(O)c1ccc(S(=O)(=O)NCCn2ccnn2)c(F)c1. The predicted octanol–water partition coefficient (Wildman–Crippen LogP) is 0.0939. The number of aromatic nitrogens is 3. The molecule has 0 saturated carbocycles. The van der Waals surface area contributed by atoms with Gasteiger partial charge in [-0.2, -0.15) is 0 Å². The van der Waals surface area contributed by atoms with Gasteiger partial charge in [0.2, 0.25) is 10.0 Å². The van der Waals surface area contributed by atoms with Gasteiger partial charge in [-0.05, 0) is 18.2 Å². The first-order valence-electron chi connectivity index (χ1n) is 5.77. The monoisotopic (exact) mass is 314 g/mol. The Morgan fingerprint density at radius 2 is 2.19 bits per heavy atom. The molecule has 0 aliphatic carbocycles. The van der Waals surface area contributed by atoms with Crippen molar-refractivity contribution in [3.8, 4) is 0 Å². The molecule has 112 valence electrons. The Bertz CT molecular complexity index is 746. The van der Waals surface area contributed by atoms with Crippen LogP contribution in [0.5, 0.6) is 0 Å². The molecular formula is C11H11FN4O4S. The van der Waals surface area contributed by atoms with Crippen LogP contribution in [0.1, 0.15) is 10.4 Å². The maximum absolute atomic E-state index is 13.7. The van der Waals surface area contributed by atoms with Crippen LogP contribution >= 0.6 is 0 Å². The lowest BCUT2D eigenvalue weighted by molar-refractivity contribution is 0.0696. The molecule has 0 aliphatic rings. The molecular weight excluding hydrogens is 303 g/mol. The van der Waals surface area contributed by atoms with Crippen molar-refractivity contribution in [2.24, 2.45) is 0 Å². The first-order chi connectivity index (χ1) is 9.90. The number of nitrogens with one attached hydrogen (secondary N) is 1. The summed E-state index contributed by atoms with van der Waals surface area (Å²) in [5.74, 6) is -2.46. The molecule has 2 rings (SSSR count). The Balaban J connectivity index is 2.10. The molecule has 2 aromatic rings. The van der Waals surface area contributed by atoms with Crippen LogP contribution in [-0.2, 0) is 16.6 Å². The third-order valence-corrected chi connectivity index (χ3v) is 4.07. The fourth-order valence-electron chi connectivity index (χ4n) is 1.58. The smallest absolute Gasteiger partial charge is 0.335 e. The Morgan fingerprint density at radius 1 is 1.43 bits per heavy atom. The molecule has 0 atom stereocenters. The molecule has 10 heteroatoms. The lowest BCUT2D eigenvalue weighted by Gasteiger charge is -2.08. The summed E-state index contributed by atoms with van der Waals surface area (Å²) >= 11 is 0. The van der Waals surface area contributed by atoms with E-state index in [1.165, 1.54) is 10.9 Å². The van der Waals surface area contributed by atoms with Gasteiger partial charge in [-0.15, -0.1) is 5.10 Å². The molecule has 1 aromatic carbocycles. The van der Waals surface area contributed by atoms with E-state index in [-0.39, 0.29) is 18.7 Å². The number of rotatable bonds is 6. The average Bonchev–Trinajstić information content (AvgIpc) is 2.91. The standard InChI is InChI=1S/C11H11FN4O4S/c12-9-7-8(11(17)18)1-2-10(9)21(19,20)14-4-6-16-5-3-13-15-16/h1-3,5,7,14H,4,6H2,(H,17,18). The largest absolute Gasteiger partial charge is 0.478 e. The van der Waals surface area contributed by atoms with Crippen LogP contribution in [-0.4, -0.2) is 41.0 Å². The summed E-state index contributed by atoms with van der Waals surface area (Å²) in [6.07, 6.45) is 3.00. The molecule has 21 heavy (non-hydrogen) atoms. The normalized spacial score (nSPS) is 11.5. The molecule has 0 unspecified atom stereocenters. The third-order valence-electron chi connectivity index (χ3n) is 2.57. The van der Waals surface area contributed by atoms with Gasteiger partial charge in [-0.1, -0.05) is 5.21 Å². The molecule has 0 bridgehead atoms. The minimum absolute atomic E-state index is 0.00812. The minimum Gasteiger partial charge on any atom is -0.478 e. The summed E-state index contributed by atoms with van der Waals surface area (Å²) in [6, 6.07) is 2.60.